The number of ether oxygens (including phenoxy) is 1. The van der Waals surface area contributed by atoms with Gasteiger partial charge in [-0.25, -0.2) is 9.67 Å². The predicted molar refractivity (Wildman–Crippen MR) is 58.5 cm³/mol. The van der Waals surface area contributed by atoms with Gasteiger partial charge in [0, 0.05) is 12.4 Å². The number of rotatable bonds is 4. The standard InChI is InChI=1S/C10H11N5O2/c11-10-13-7-15(14-10)5-9(16)17-6-8-1-3-12-4-2-8/h1-4,7H,5-6H2,(H2,11,14). The van der Waals surface area contributed by atoms with Gasteiger partial charge in [0.1, 0.15) is 19.5 Å². The van der Waals surface area contributed by atoms with E-state index in [4.69, 9.17) is 10.5 Å². The van der Waals surface area contributed by atoms with E-state index in [2.05, 4.69) is 15.1 Å². The minimum atomic E-state index is -0.397. The van der Waals surface area contributed by atoms with Crippen LogP contribution < -0.4 is 5.73 Å². The van der Waals surface area contributed by atoms with Gasteiger partial charge in [-0.1, -0.05) is 0 Å². The molecule has 0 amide bonds. The summed E-state index contributed by atoms with van der Waals surface area (Å²) < 4.78 is 6.37. The van der Waals surface area contributed by atoms with Crippen LogP contribution in [-0.4, -0.2) is 25.7 Å². The molecule has 0 saturated carbocycles. The molecule has 0 unspecified atom stereocenters. The maximum absolute atomic E-state index is 11.4. The molecule has 17 heavy (non-hydrogen) atoms. The number of anilines is 1. The molecule has 2 N–H and O–H groups in total. The Morgan fingerprint density at radius 1 is 1.41 bits per heavy atom. The number of carbonyl (C=O) groups excluding carboxylic acids is 1. The third-order valence-corrected chi connectivity index (χ3v) is 1.99. The summed E-state index contributed by atoms with van der Waals surface area (Å²) in [5.74, 6) is -0.265. The van der Waals surface area contributed by atoms with Crippen LogP contribution in [0.5, 0.6) is 0 Å². The van der Waals surface area contributed by atoms with Crippen molar-refractivity contribution in [3.63, 3.8) is 0 Å². The highest BCUT2D eigenvalue weighted by atomic mass is 16.5. The van der Waals surface area contributed by atoms with Crippen molar-refractivity contribution in [3.8, 4) is 0 Å². The smallest absolute Gasteiger partial charge is 0.328 e. The average Bonchev–Trinajstić information content (AvgIpc) is 2.73. The number of esters is 1. The van der Waals surface area contributed by atoms with Crippen molar-refractivity contribution in [1.82, 2.24) is 19.7 Å². The molecule has 0 atom stereocenters. The van der Waals surface area contributed by atoms with Crippen LogP contribution in [0.3, 0.4) is 0 Å². The van der Waals surface area contributed by atoms with Gasteiger partial charge in [-0.3, -0.25) is 9.78 Å². The first-order valence-electron chi connectivity index (χ1n) is 4.93. The van der Waals surface area contributed by atoms with Gasteiger partial charge in [0.15, 0.2) is 0 Å². The topological polar surface area (TPSA) is 95.9 Å². The van der Waals surface area contributed by atoms with Gasteiger partial charge >= 0.3 is 5.97 Å². The molecule has 0 fully saturated rings. The molecule has 0 radical (unpaired) electrons. The van der Waals surface area contributed by atoms with E-state index >= 15 is 0 Å². The number of aromatic nitrogens is 4. The van der Waals surface area contributed by atoms with Crippen LogP contribution in [0.1, 0.15) is 5.56 Å². The zero-order valence-electron chi connectivity index (χ0n) is 8.98. The van der Waals surface area contributed by atoms with Crippen molar-refractivity contribution >= 4 is 11.9 Å². The molecule has 2 aromatic rings. The first kappa shape index (κ1) is 11.1. The van der Waals surface area contributed by atoms with Crippen molar-refractivity contribution in [3.05, 3.63) is 36.4 Å². The SMILES string of the molecule is Nc1ncn(CC(=O)OCc2ccncc2)n1. The first-order valence-corrected chi connectivity index (χ1v) is 4.93. The van der Waals surface area contributed by atoms with Gasteiger partial charge in [-0.05, 0) is 17.7 Å². The molecular formula is C10H11N5O2. The highest BCUT2D eigenvalue weighted by molar-refractivity contribution is 5.69. The Balaban J connectivity index is 1.82. The van der Waals surface area contributed by atoms with Crippen molar-refractivity contribution in [2.75, 3.05) is 5.73 Å². The minimum absolute atomic E-state index is 0.00468. The maximum Gasteiger partial charge on any atom is 0.328 e. The summed E-state index contributed by atoms with van der Waals surface area (Å²) in [7, 11) is 0. The predicted octanol–water partition coefficient (Wildman–Crippen LogP) is -0.00130. The molecule has 2 heterocycles. The Hall–Kier alpha value is -2.44. The van der Waals surface area contributed by atoms with E-state index < -0.39 is 5.97 Å². The minimum Gasteiger partial charge on any atom is -0.459 e. The molecule has 0 spiro atoms. The van der Waals surface area contributed by atoms with Gasteiger partial charge in [0.05, 0.1) is 0 Å². The van der Waals surface area contributed by atoms with Crippen LogP contribution >= 0.6 is 0 Å². The molecule has 2 aromatic heterocycles. The number of pyridine rings is 1. The van der Waals surface area contributed by atoms with Crippen molar-refractivity contribution in [2.24, 2.45) is 0 Å². The second-order valence-electron chi connectivity index (χ2n) is 3.32. The molecule has 0 aliphatic carbocycles. The number of nitrogens with two attached hydrogens (primary N) is 1. The van der Waals surface area contributed by atoms with E-state index in [0.29, 0.717) is 0 Å². The maximum atomic E-state index is 11.4. The second-order valence-corrected chi connectivity index (χ2v) is 3.32. The molecule has 0 bridgehead atoms. The summed E-state index contributed by atoms with van der Waals surface area (Å²) in [4.78, 5) is 19.0. The molecule has 7 heteroatoms. The summed E-state index contributed by atoms with van der Waals surface area (Å²) in [5.41, 5.74) is 6.20. The number of carbonyl (C=O) groups is 1. The fourth-order valence-corrected chi connectivity index (χ4v) is 1.21. The van der Waals surface area contributed by atoms with Gasteiger partial charge in [0.25, 0.3) is 0 Å². The summed E-state index contributed by atoms with van der Waals surface area (Å²) >= 11 is 0. The lowest BCUT2D eigenvalue weighted by molar-refractivity contribution is -0.145. The molecule has 7 nitrogen and oxygen atoms in total. The Morgan fingerprint density at radius 2 is 2.18 bits per heavy atom. The Bertz CT molecular complexity index is 496. The molecule has 2 rings (SSSR count). The van der Waals surface area contributed by atoms with Crippen LogP contribution in [0.2, 0.25) is 0 Å². The molecule has 88 valence electrons. The first-order chi connectivity index (χ1) is 8.24. The highest BCUT2D eigenvalue weighted by Gasteiger charge is 2.06. The largest absolute Gasteiger partial charge is 0.459 e. The lowest BCUT2D eigenvalue weighted by Crippen LogP contribution is -2.14. The number of hydrogen-bond donors (Lipinski definition) is 1. The van der Waals surface area contributed by atoms with Crippen LogP contribution in [0, 0.1) is 0 Å². The van der Waals surface area contributed by atoms with Crippen LogP contribution in [-0.2, 0) is 22.7 Å². The van der Waals surface area contributed by atoms with E-state index in [1.165, 1.54) is 11.0 Å². The van der Waals surface area contributed by atoms with Gasteiger partial charge in [0.2, 0.25) is 5.95 Å². The Kier molecular flexibility index (Phi) is 3.29. The van der Waals surface area contributed by atoms with Crippen molar-refractivity contribution in [2.45, 2.75) is 13.2 Å². The monoisotopic (exact) mass is 233 g/mol. The third kappa shape index (κ3) is 3.26. The van der Waals surface area contributed by atoms with Gasteiger partial charge in [-0.15, -0.1) is 5.10 Å². The molecule has 0 saturated heterocycles. The average molecular weight is 233 g/mol. The van der Waals surface area contributed by atoms with Gasteiger partial charge < -0.3 is 10.5 Å². The van der Waals surface area contributed by atoms with Crippen molar-refractivity contribution < 1.29 is 9.53 Å². The highest BCUT2D eigenvalue weighted by Crippen LogP contribution is 1.99. The fraction of sp³-hybridized carbons (Fsp3) is 0.200. The summed E-state index contributed by atoms with van der Waals surface area (Å²) in [6, 6.07) is 3.56. The van der Waals surface area contributed by atoms with E-state index in [1.54, 1.807) is 24.5 Å². The normalized spacial score (nSPS) is 10.1. The Labute approximate surface area is 97.2 Å². The zero-order chi connectivity index (χ0) is 12.1. The Morgan fingerprint density at radius 3 is 2.82 bits per heavy atom. The molecule has 0 aromatic carbocycles. The van der Waals surface area contributed by atoms with E-state index in [0.717, 1.165) is 5.56 Å². The molecular weight excluding hydrogens is 222 g/mol. The van der Waals surface area contributed by atoms with Crippen LogP contribution in [0.15, 0.2) is 30.9 Å². The summed E-state index contributed by atoms with van der Waals surface area (Å²) in [6.07, 6.45) is 4.66. The van der Waals surface area contributed by atoms with Crippen molar-refractivity contribution in [1.29, 1.82) is 0 Å². The van der Waals surface area contributed by atoms with E-state index in [-0.39, 0.29) is 19.1 Å². The van der Waals surface area contributed by atoms with Crippen LogP contribution in [0.4, 0.5) is 5.95 Å². The molecule has 0 aliphatic heterocycles. The fourth-order valence-electron chi connectivity index (χ4n) is 1.21. The van der Waals surface area contributed by atoms with E-state index in [1.807, 2.05) is 0 Å². The number of nitrogens with zero attached hydrogens (tertiary/aromatic N) is 4. The number of nitrogen functional groups attached to an aromatic ring is 1. The van der Waals surface area contributed by atoms with Crippen LogP contribution in [0.25, 0.3) is 0 Å². The summed E-state index contributed by atoms with van der Waals surface area (Å²) in [6.45, 7) is 0.209. The quantitative estimate of drug-likeness (QED) is 0.746. The second kappa shape index (κ2) is 5.06. The lowest BCUT2D eigenvalue weighted by Gasteiger charge is -2.04. The van der Waals surface area contributed by atoms with Gasteiger partial charge in [-0.2, -0.15) is 0 Å². The summed E-state index contributed by atoms with van der Waals surface area (Å²) in [5, 5.41) is 3.78. The van der Waals surface area contributed by atoms with E-state index in [9.17, 15) is 4.79 Å². The number of hydrogen-bond acceptors (Lipinski definition) is 6. The third-order valence-electron chi connectivity index (χ3n) is 1.99. The zero-order valence-corrected chi connectivity index (χ0v) is 8.98. The lowest BCUT2D eigenvalue weighted by atomic mass is 10.3. The molecule has 0 aliphatic rings.